The van der Waals surface area contributed by atoms with Crippen LogP contribution in [0.4, 0.5) is 0 Å². The first-order chi connectivity index (χ1) is 21.7. The van der Waals surface area contributed by atoms with Crippen molar-refractivity contribution in [3.05, 3.63) is 73.5 Å². The van der Waals surface area contributed by atoms with E-state index in [9.17, 15) is 29.7 Å². The highest BCUT2D eigenvalue weighted by atomic mass is 32.1. The van der Waals surface area contributed by atoms with Crippen LogP contribution in [0.3, 0.4) is 0 Å². The molecule has 2 aromatic heterocycles. The Morgan fingerprint density at radius 2 is 1.83 bits per heavy atom. The van der Waals surface area contributed by atoms with Gasteiger partial charge in [-0.1, -0.05) is 19.9 Å². The Balaban J connectivity index is 1.61. The third-order valence-corrected chi connectivity index (χ3v) is 9.49. The third-order valence-electron chi connectivity index (χ3n) is 9.17. The van der Waals surface area contributed by atoms with Crippen LogP contribution in [0.2, 0.25) is 0 Å². The molecular weight excluding hydrogens is 612 g/mol. The molecule has 3 aliphatic heterocycles. The van der Waals surface area contributed by atoms with Crippen LogP contribution in [0.1, 0.15) is 67.4 Å². The first-order valence-corrected chi connectivity index (χ1v) is 15.7. The van der Waals surface area contributed by atoms with E-state index in [-0.39, 0.29) is 47.8 Å². The molecule has 3 aliphatic rings. The van der Waals surface area contributed by atoms with Gasteiger partial charge >= 0.3 is 11.9 Å². The third kappa shape index (κ3) is 6.73. The SMILES string of the molecule is CC1=C(/C=C/O)C(=O)N[C@@H]1Cc1[nH]c(=C\c2[nH]c(/C=C3\NC(=O)[C@H](C)[C@H]3[C@@H](C)S)c(C)c2CCC2(O)OO2)/c(=C\CC(=O)O)c1C. The van der Waals surface area contributed by atoms with Crippen molar-refractivity contribution in [1.29, 1.82) is 0 Å². The second-order valence-electron chi connectivity index (χ2n) is 12.2. The molecule has 2 saturated heterocycles. The summed E-state index contributed by atoms with van der Waals surface area (Å²) < 4.78 is 0. The zero-order valence-corrected chi connectivity index (χ0v) is 27.2. The first kappa shape index (κ1) is 33.3. The molecular formula is C33H40N4O8S. The topological polar surface area (TPSA) is 193 Å². The number of amides is 2. The van der Waals surface area contributed by atoms with E-state index in [1.165, 1.54) is 6.08 Å². The second kappa shape index (κ2) is 13.0. The molecule has 2 aromatic rings. The lowest BCUT2D eigenvalue weighted by Gasteiger charge is -2.17. The van der Waals surface area contributed by atoms with Crippen LogP contribution >= 0.6 is 12.6 Å². The van der Waals surface area contributed by atoms with Crippen LogP contribution in [0.15, 0.2) is 29.2 Å². The van der Waals surface area contributed by atoms with E-state index in [1.807, 2.05) is 46.8 Å². The van der Waals surface area contributed by atoms with Gasteiger partial charge in [0.1, 0.15) is 0 Å². The number of hydrogen-bond donors (Lipinski definition) is 8. The summed E-state index contributed by atoms with van der Waals surface area (Å²) in [6.45, 7) is 9.53. The quantitative estimate of drug-likeness (QED) is 0.0783. The normalized spacial score (nSPS) is 24.8. The zero-order valence-electron chi connectivity index (χ0n) is 26.4. The fourth-order valence-corrected chi connectivity index (χ4v) is 6.84. The number of aliphatic carboxylic acids is 1. The number of aliphatic hydroxyl groups is 2. The van der Waals surface area contributed by atoms with Gasteiger partial charge in [-0.2, -0.15) is 22.4 Å². The lowest BCUT2D eigenvalue weighted by atomic mass is 9.91. The second-order valence-corrected chi connectivity index (χ2v) is 13.0. The maximum absolute atomic E-state index is 12.6. The average Bonchev–Trinajstić information content (AvgIpc) is 3.29. The summed E-state index contributed by atoms with van der Waals surface area (Å²) in [7, 11) is 0. The Morgan fingerprint density at radius 3 is 2.46 bits per heavy atom. The van der Waals surface area contributed by atoms with Gasteiger partial charge in [0.25, 0.3) is 5.91 Å². The van der Waals surface area contributed by atoms with Crippen molar-refractivity contribution in [1.82, 2.24) is 20.6 Å². The largest absolute Gasteiger partial charge is 0.516 e. The molecule has 0 bridgehead atoms. The zero-order chi connectivity index (χ0) is 33.5. The monoisotopic (exact) mass is 652 g/mol. The number of carbonyl (C=O) groups excluding carboxylic acids is 2. The van der Waals surface area contributed by atoms with E-state index in [4.69, 9.17) is 9.78 Å². The highest BCUT2D eigenvalue weighted by molar-refractivity contribution is 7.80. The Bertz CT molecular complexity index is 1790. The summed E-state index contributed by atoms with van der Waals surface area (Å²) in [5.74, 6) is -3.28. The van der Waals surface area contributed by atoms with E-state index in [2.05, 4.69) is 33.2 Å². The van der Waals surface area contributed by atoms with Crippen molar-refractivity contribution < 1.29 is 39.5 Å². The summed E-state index contributed by atoms with van der Waals surface area (Å²) >= 11 is 4.64. The van der Waals surface area contributed by atoms with E-state index >= 15 is 0 Å². The molecule has 46 heavy (non-hydrogen) atoms. The fourth-order valence-electron chi connectivity index (χ4n) is 6.42. The van der Waals surface area contributed by atoms with Gasteiger partial charge < -0.3 is 35.9 Å². The van der Waals surface area contributed by atoms with Crippen molar-refractivity contribution in [2.24, 2.45) is 11.8 Å². The van der Waals surface area contributed by atoms with Gasteiger partial charge in [0.15, 0.2) is 0 Å². The summed E-state index contributed by atoms with van der Waals surface area (Å²) in [5.41, 5.74) is 6.89. The molecule has 0 aromatic carbocycles. The predicted octanol–water partition coefficient (Wildman–Crippen LogP) is 2.05. The summed E-state index contributed by atoms with van der Waals surface area (Å²) in [6, 6.07) is -0.316. The number of aromatic nitrogens is 2. The standard InChI is InChI=1S/C33H40N4O8S/c1-15-20(6-7-29(39)40)26(34-23(15)12-25-17(3)22(9-11-38)32(42)36-25)14-27-21(8-10-33(43)44-45-33)16(2)24(35-27)13-28-30(19(5)46)18(4)31(41)37-28/h6,9,11,13-14,18-19,25,30,34-35,38,43,46H,7-8,10,12H2,1-5H3,(H,36,42)(H,37,41)(H,39,40)/b11-9+,20-6-,26-14-,28-13-/t18-,19-,25-,30+/m1/s1. The number of allylic oxidation sites excluding steroid dienone is 1. The van der Waals surface area contributed by atoms with Crippen LogP contribution in [0.5, 0.6) is 0 Å². The molecule has 0 saturated carbocycles. The lowest BCUT2D eigenvalue weighted by molar-refractivity contribution is -0.135. The number of aliphatic hydroxyl groups excluding tert-OH is 1. The average molecular weight is 653 g/mol. The van der Waals surface area contributed by atoms with Crippen LogP contribution in [-0.4, -0.2) is 60.3 Å². The number of thiol groups is 1. The van der Waals surface area contributed by atoms with Gasteiger partial charge in [-0.25, -0.2) is 0 Å². The molecule has 246 valence electrons. The minimum absolute atomic E-state index is 0.0605. The number of nitrogens with one attached hydrogen (secondary N) is 4. The predicted molar refractivity (Wildman–Crippen MR) is 173 cm³/mol. The van der Waals surface area contributed by atoms with Crippen molar-refractivity contribution >= 4 is 48.6 Å². The number of aromatic amines is 2. The Morgan fingerprint density at radius 1 is 1.11 bits per heavy atom. The van der Waals surface area contributed by atoms with Crippen molar-refractivity contribution in [3.63, 3.8) is 0 Å². The lowest BCUT2D eigenvalue weighted by Crippen LogP contribution is -2.30. The molecule has 5 heterocycles. The van der Waals surface area contributed by atoms with Gasteiger partial charge in [0, 0.05) is 63.6 Å². The Kier molecular flexibility index (Phi) is 9.41. The number of H-pyrrole nitrogens is 2. The smallest absolute Gasteiger partial charge is 0.338 e. The molecule has 12 nitrogen and oxygen atoms in total. The summed E-state index contributed by atoms with van der Waals surface area (Å²) in [4.78, 5) is 53.0. The minimum atomic E-state index is -1.64. The van der Waals surface area contributed by atoms with E-state index in [1.54, 1.807) is 6.08 Å². The molecule has 0 aliphatic carbocycles. The molecule has 7 N–H and O–H groups in total. The number of carboxylic acids is 1. The van der Waals surface area contributed by atoms with Crippen LogP contribution < -0.4 is 21.2 Å². The molecule has 4 atom stereocenters. The molecule has 0 spiro atoms. The number of rotatable bonds is 11. The molecule has 5 rings (SSSR count). The number of carboxylic acid groups (broad SMARTS) is 1. The highest BCUT2D eigenvalue weighted by Gasteiger charge is 2.46. The summed E-state index contributed by atoms with van der Waals surface area (Å²) in [6.07, 6.45) is 8.48. The van der Waals surface area contributed by atoms with E-state index in [0.29, 0.717) is 29.0 Å². The van der Waals surface area contributed by atoms with Gasteiger partial charge in [0.2, 0.25) is 5.91 Å². The van der Waals surface area contributed by atoms with Gasteiger partial charge in [0.05, 0.1) is 18.7 Å². The maximum atomic E-state index is 12.6. The fraction of sp³-hybridized carbons (Fsp3) is 0.424. The van der Waals surface area contributed by atoms with Crippen molar-refractivity contribution in [2.45, 2.75) is 77.6 Å². The van der Waals surface area contributed by atoms with Gasteiger partial charge in [-0.15, -0.1) is 0 Å². The van der Waals surface area contributed by atoms with E-state index in [0.717, 1.165) is 51.3 Å². The highest BCUT2D eigenvalue weighted by Crippen LogP contribution is 2.36. The Labute approximate surface area is 271 Å². The number of carbonyl (C=O) groups is 3. The van der Waals surface area contributed by atoms with Gasteiger partial charge in [-0.05, 0) is 72.9 Å². The molecule has 2 fully saturated rings. The van der Waals surface area contributed by atoms with Crippen LogP contribution in [0, 0.1) is 25.7 Å². The Hall–Kier alpha value is -4.04. The molecule has 2 amide bonds. The van der Waals surface area contributed by atoms with Gasteiger partial charge in [-0.3, -0.25) is 14.4 Å². The number of hydrogen-bond acceptors (Lipinski definition) is 8. The minimum Gasteiger partial charge on any atom is -0.516 e. The molecule has 0 radical (unpaired) electrons. The van der Waals surface area contributed by atoms with Crippen molar-refractivity contribution in [2.75, 3.05) is 0 Å². The van der Waals surface area contributed by atoms with Crippen LogP contribution in [-0.2, 0) is 37.0 Å². The maximum Gasteiger partial charge on any atom is 0.338 e. The van der Waals surface area contributed by atoms with Crippen LogP contribution in [0.25, 0.3) is 18.2 Å². The van der Waals surface area contributed by atoms with Crippen molar-refractivity contribution in [3.8, 4) is 0 Å². The first-order valence-electron chi connectivity index (χ1n) is 15.2. The molecule has 0 unspecified atom stereocenters. The summed E-state index contributed by atoms with van der Waals surface area (Å²) in [5, 5.41) is 36.2. The van der Waals surface area contributed by atoms with E-state index < -0.39 is 11.9 Å². The molecule has 13 heteroatoms.